The molecule has 0 aliphatic rings. The molecule has 0 saturated carbocycles. The van der Waals surface area contributed by atoms with Crippen LogP contribution in [0, 0.1) is 24.2 Å². The van der Waals surface area contributed by atoms with Crippen LogP contribution in [-0.4, -0.2) is 12.6 Å². The largest absolute Gasteiger partial charge is 0.303 e. The molecule has 2 atom stereocenters. The van der Waals surface area contributed by atoms with Crippen LogP contribution in [0.4, 0.5) is 0 Å². The lowest BCUT2D eigenvalue weighted by atomic mass is 9.91. The van der Waals surface area contributed by atoms with E-state index in [1.165, 1.54) is 0 Å². The first kappa shape index (κ1) is 11.5. The van der Waals surface area contributed by atoms with Gasteiger partial charge < -0.3 is 5.32 Å². The van der Waals surface area contributed by atoms with Crippen LogP contribution in [-0.2, 0) is 0 Å². The van der Waals surface area contributed by atoms with Gasteiger partial charge in [-0.3, -0.25) is 0 Å². The molecular weight excluding hydrogens is 146 g/mol. The van der Waals surface area contributed by atoms with Crippen molar-refractivity contribution in [2.75, 3.05) is 6.54 Å². The quantitative estimate of drug-likeness (QED) is 0.619. The molecule has 0 bridgehead atoms. The molecule has 0 aliphatic heterocycles. The Morgan fingerprint density at radius 1 is 1.33 bits per heavy atom. The number of nitrogens with one attached hydrogen (secondary N) is 1. The molecule has 1 heteroatoms. The molecule has 0 rings (SSSR count). The summed E-state index contributed by atoms with van der Waals surface area (Å²) in [5, 5.41) is 3.36. The van der Waals surface area contributed by atoms with E-state index in [0.717, 1.165) is 13.0 Å². The Morgan fingerprint density at radius 2 is 1.92 bits per heavy atom. The zero-order valence-corrected chi connectivity index (χ0v) is 8.72. The molecule has 0 heterocycles. The van der Waals surface area contributed by atoms with Crippen molar-refractivity contribution in [3.8, 4) is 12.3 Å². The SMILES string of the molecule is C#CC(NCCC)C(C)C(C)C. The topological polar surface area (TPSA) is 12.0 Å². The second-order valence-electron chi connectivity index (χ2n) is 3.70. The lowest BCUT2D eigenvalue weighted by molar-refractivity contribution is 0.347. The van der Waals surface area contributed by atoms with Gasteiger partial charge in [0.05, 0.1) is 6.04 Å². The molecule has 0 spiro atoms. The first-order valence-corrected chi connectivity index (χ1v) is 4.83. The summed E-state index contributed by atoms with van der Waals surface area (Å²) in [5.74, 6) is 4.01. The van der Waals surface area contributed by atoms with Crippen LogP contribution in [0.2, 0.25) is 0 Å². The first-order chi connectivity index (χ1) is 5.63. The molecule has 70 valence electrons. The fourth-order valence-corrected chi connectivity index (χ4v) is 1.08. The van der Waals surface area contributed by atoms with Gasteiger partial charge in [0.1, 0.15) is 0 Å². The van der Waals surface area contributed by atoms with Gasteiger partial charge in [-0.1, -0.05) is 33.6 Å². The number of hydrogen-bond acceptors (Lipinski definition) is 1. The predicted octanol–water partition coefficient (Wildman–Crippen LogP) is 2.28. The molecule has 0 aromatic carbocycles. The van der Waals surface area contributed by atoms with Gasteiger partial charge in [-0.2, -0.15) is 0 Å². The normalized spacial score (nSPS) is 15.7. The van der Waals surface area contributed by atoms with Crippen molar-refractivity contribution in [3.63, 3.8) is 0 Å². The molecule has 0 fully saturated rings. The van der Waals surface area contributed by atoms with Crippen molar-refractivity contribution in [2.45, 2.75) is 40.2 Å². The molecular formula is C11H21N. The highest BCUT2D eigenvalue weighted by Gasteiger charge is 2.16. The highest BCUT2D eigenvalue weighted by Crippen LogP contribution is 2.13. The molecule has 1 nitrogen and oxygen atoms in total. The van der Waals surface area contributed by atoms with Gasteiger partial charge in [0.15, 0.2) is 0 Å². The van der Waals surface area contributed by atoms with E-state index in [9.17, 15) is 0 Å². The Balaban J connectivity index is 3.90. The second-order valence-corrected chi connectivity index (χ2v) is 3.70. The molecule has 12 heavy (non-hydrogen) atoms. The first-order valence-electron chi connectivity index (χ1n) is 4.83. The Bertz CT molecular complexity index is 144. The summed E-state index contributed by atoms with van der Waals surface area (Å²) in [6.07, 6.45) is 6.58. The Hall–Kier alpha value is -0.480. The van der Waals surface area contributed by atoms with E-state index in [1.54, 1.807) is 0 Å². The molecule has 0 saturated heterocycles. The van der Waals surface area contributed by atoms with Crippen LogP contribution in [0.3, 0.4) is 0 Å². The van der Waals surface area contributed by atoms with E-state index in [-0.39, 0.29) is 6.04 Å². The molecule has 1 N–H and O–H groups in total. The zero-order valence-electron chi connectivity index (χ0n) is 8.72. The molecule has 0 amide bonds. The molecule has 0 aromatic rings. The smallest absolute Gasteiger partial charge is 0.0715 e. The Morgan fingerprint density at radius 3 is 2.25 bits per heavy atom. The zero-order chi connectivity index (χ0) is 9.56. The standard InChI is InChI=1S/C11H21N/c1-6-8-12-11(7-2)10(5)9(3)4/h2,9-12H,6,8H2,1,3-5H3. The molecule has 0 aromatic heterocycles. The minimum absolute atomic E-state index is 0.241. The van der Waals surface area contributed by atoms with E-state index in [2.05, 4.69) is 38.9 Å². The summed E-state index contributed by atoms with van der Waals surface area (Å²) in [6.45, 7) is 9.80. The van der Waals surface area contributed by atoms with Crippen molar-refractivity contribution in [2.24, 2.45) is 11.8 Å². The van der Waals surface area contributed by atoms with Crippen molar-refractivity contribution < 1.29 is 0 Å². The predicted molar refractivity (Wildman–Crippen MR) is 54.9 cm³/mol. The van der Waals surface area contributed by atoms with Crippen molar-refractivity contribution in [3.05, 3.63) is 0 Å². The summed E-state index contributed by atoms with van der Waals surface area (Å²) in [5.41, 5.74) is 0. The number of hydrogen-bond donors (Lipinski definition) is 1. The van der Waals surface area contributed by atoms with Gasteiger partial charge in [0, 0.05) is 0 Å². The van der Waals surface area contributed by atoms with E-state index >= 15 is 0 Å². The van der Waals surface area contributed by atoms with Crippen molar-refractivity contribution >= 4 is 0 Å². The average Bonchev–Trinajstić information content (AvgIpc) is 2.05. The molecule has 0 radical (unpaired) electrons. The average molecular weight is 167 g/mol. The van der Waals surface area contributed by atoms with Crippen LogP contribution < -0.4 is 5.32 Å². The summed E-state index contributed by atoms with van der Waals surface area (Å²) < 4.78 is 0. The van der Waals surface area contributed by atoms with Crippen LogP contribution in [0.15, 0.2) is 0 Å². The lowest BCUT2D eigenvalue weighted by Crippen LogP contribution is -2.36. The third-order valence-corrected chi connectivity index (χ3v) is 2.37. The van der Waals surface area contributed by atoms with Gasteiger partial charge in [0.25, 0.3) is 0 Å². The van der Waals surface area contributed by atoms with Gasteiger partial charge >= 0.3 is 0 Å². The van der Waals surface area contributed by atoms with E-state index in [1.807, 2.05) is 0 Å². The minimum Gasteiger partial charge on any atom is -0.303 e. The monoisotopic (exact) mass is 167 g/mol. The highest BCUT2D eigenvalue weighted by molar-refractivity contribution is 5.01. The van der Waals surface area contributed by atoms with Crippen molar-refractivity contribution in [1.29, 1.82) is 0 Å². The fraction of sp³-hybridized carbons (Fsp3) is 0.818. The van der Waals surface area contributed by atoms with Gasteiger partial charge in [0.2, 0.25) is 0 Å². The summed E-state index contributed by atoms with van der Waals surface area (Å²) >= 11 is 0. The maximum absolute atomic E-state index is 5.44. The third-order valence-electron chi connectivity index (χ3n) is 2.37. The molecule has 0 aliphatic carbocycles. The summed E-state index contributed by atoms with van der Waals surface area (Å²) in [6, 6.07) is 0.241. The van der Waals surface area contributed by atoms with E-state index in [4.69, 9.17) is 6.42 Å². The minimum atomic E-state index is 0.241. The van der Waals surface area contributed by atoms with Gasteiger partial charge in [-0.15, -0.1) is 6.42 Å². The Labute approximate surface area is 76.9 Å². The maximum atomic E-state index is 5.44. The van der Waals surface area contributed by atoms with Crippen LogP contribution in [0.1, 0.15) is 34.1 Å². The number of terminal acetylenes is 1. The highest BCUT2D eigenvalue weighted by atomic mass is 14.9. The van der Waals surface area contributed by atoms with Gasteiger partial charge in [-0.25, -0.2) is 0 Å². The van der Waals surface area contributed by atoms with E-state index < -0.39 is 0 Å². The second kappa shape index (κ2) is 6.08. The molecule has 2 unspecified atom stereocenters. The third kappa shape index (κ3) is 3.78. The van der Waals surface area contributed by atoms with E-state index in [0.29, 0.717) is 11.8 Å². The fourth-order valence-electron chi connectivity index (χ4n) is 1.08. The summed E-state index contributed by atoms with van der Waals surface area (Å²) in [7, 11) is 0. The summed E-state index contributed by atoms with van der Waals surface area (Å²) in [4.78, 5) is 0. The van der Waals surface area contributed by atoms with Crippen LogP contribution >= 0.6 is 0 Å². The Kier molecular flexibility index (Phi) is 5.84. The van der Waals surface area contributed by atoms with Gasteiger partial charge in [-0.05, 0) is 24.8 Å². The van der Waals surface area contributed by atoms with Crippen molar-refractivity contribution in [1.82, 2.24) is 5.32 Å². The van der Waals surface area contributed by atoms with Crippen LogP contribution in [0.5, 0.6) is 0 Å². The maximum Gasteiger partial charge on any atom is 0.0715 e. The lowest BCUT2D eigenvalue weighted by Gasteiger charge is -2.23. The van der Waals surface area contributed by atoms with Crippen LogP contribution in [0.25, 0.3) is 0 Å². The number of rotatable bonds is 5.